The average Bonchev–Trinajstić information content (AvgIpc) is 1.47. The smallest absolute Gasteiger partial charge is 0.0107 e. The summed E-state index contributed by atoms with van der Waals surface area (Å²) >= 11 is -0.826. The van der Waals surface area contributed by atoms with E-state index in [1.807, 2.05) is 0 Å². The normalized spacial score (nSPS) is 11.3. The van der Waals surface area contributed by atoms with Crippen molar-refractivity contribution in [3.05, 3.63) is 350 Å². The van der Waals surface area contributed by atoms with Gasteiger partial charge in [0.15, 0.2) is 0 Å². The predicted octanol–water partition coefficient (Wildman–Crippen LogP) is 26.7. The molecule has 0 N–H and O–H groups in total. The van der Waals surface area contributed by atoms with Crippen molar-refractivity contribution in [3.8, 4) is 44.5 Å². The first-order valence-electron chi connectivity index (χ1n) is 33.2. The molecule has 18 aromatic carbocycles. The number of benzene rings is 16. The Balaban J connectivity index is 0.000000146. The van der Waals surface area contributed by atoms with Crippen LogP contribution in [0, 0.1) is 0 Å². The molecule has 18 rings (SSSR count). The van der Waals surface area contributed by atoms with E-state index in [0.29, 0.717) is 0 Å². The van der Waals surface area contributed by atoms with Crippen molar-refractivity contribution in [1.82, 2.24) is 0 Å². The molecule has 0 atom stereocenters. The number of hydrogen-bond donors (Lipinski definition) is 0. The standard InChI is InChI=1S/2C45H31.C2H6Si.2ClH.Zr/c2*1-2-12-30(13-3-1)22-23-31-26-42-40(44-36-18-8-4-14-32(36)28-33-15-5-9-19-37(33)44)24-25-41(43(42)27-31)45-38-20-10-6-16-34(38)29-35-17-7-11-21-39(35)45;1-3-2;;;/h2*1-21,24-29H,22-23H2;1-2H3;2*1H;/q2*-1;;;;+4/p-2. The fourth-order valence-corrected chi connectivity index (χ4v) is 15.0. The fraction of sp³-hybridized carbons (Fsp3) is 0.0652. The van der Waals surface area contributed by atoms with Crippen LogP contribution in [0.1, 0.15) is 22.3 Å². The van der Waals surface area contributed by atoms with Gasteiger partial charge in [-0.25, -0.2) is 0 Å². The molecule has 96 heavy (non-hydrogen) atoms. The summed E-state index contributed by atoms with van der Waals surface area (Å²) in [6, 6.07) is 121. The maximum Gasteiger partial charge on any atom is -0.0107 e. The Labute approximate surface area is 583 Å². The molecule has 0 aromatic heterocycles. The Kier molecular flexibility index (Phi) is 18.6. The summed E-state index contributed by atoms with van der Waals surface area (Å²) in [4.78, 5) is 0. The van der Waals surface area contributed by atoms with Crippen molar-refractivity contribution >= 4 is 134 Å². The van der Waals surface area contributed by atoms with E-state index in [4.69, 9.17) is 17.0 Å². The van der Waals surface area contributed by atoms with Crippen molar-refractivity contribution in [1.29, 1.82) is 0 Å². The number of rotatable bonds is 10. The molecule has 0 unspecified atom stereocenters. The first-order valence-corrected chi connectivity index (χ1v) is 41.5. The van der Waals surface area contributed by atoms with Gasteiger partial charge >= 0.3 is 37.9 Å². The zero-order valence-corrected chi connectivity index (χ0v) is 58.7. The van der Waals surface area contributed by atoms with Crippen LogP contribution in [-0.4, -0.2) is 9.52 Å². The molecule has 0 amide bonds. The van der Waals surface area contributed by atoms with E-state index in [9.17, 15) is 0 Å². The second-order valence-corrected chi connectivity index (χ2v) is 29.8. The quantitative estimate of drug-likeness (QED) is 0.0727. The molecular weight excluding hydrogens is 1300 g/mol. The van der Waals surface area contributed by atoms with Crippen molar-refractivity contribution < 1.29 is 20.8 Å². The molecule has 0 aliphatic carbocycles. The van der Waals surface area contributed by atoms with Crippen LogP contribution >= 0.6 is 17.0 Å². The van der Waals surface area contributed by atoms with Gasteiger partial charge in [0, 0.05) is 9.52 Å². The number of aryl methyl sites for hydroxylation is 4. The molecule has 0 aliphatic rings. The monoisotopic (exact) mass is 1360 g/mol. The van der Waals surface area contributed by atoms with Crippen LogP contribution in [0.4, 0.5) is 0 Å². The van der Waals surface area contributed by atoms with Gasteiger partial charge in [-0.15, -0.1) is 44.8 Å². The van der Waals surface area contributed by atoms with Gasteiger partial charge < -0.3 is 0 Å². The molecular formula is C92H68Cl2SiZr. The van der Waals surface area contributed by atoms with Gasteiger partial charge in [0.1, 0.15) is 0 Å². The molecule has 0 bridgehead atoms. The Bertz CT molecular complexity index is 4950. The minimum Gasteiger partial charge on any atom is -0.164 e. The molecule has 0 heterocycles. The first kappa shape index (κ1) is 62.6. The summed E-state index contributed by atoms with van der Waals surface area (Å²) < 4.78 is 0. The third-order valence-corrected chi connectivity index (χ3v) is 19.1. The maximum absolute atomic E-state index is 4.93. The average molecular weight is 1360 g/mol. The summed E-state index contributed by atoms with van der Waals surface area (Å²) in [6.45, 7) is 4.31. The molecule has 0 fully saturated rings. The fourth-order valence-electron chi connectivity index (χ4n) is 15.0. The minimum atomic E-state index is -0.826. The van der Waals surface area contributed by atoms with Crippen LogP contribution in [-0.2, 0) is 46.5 Å². The van der Waals surface area contributed by atoms with E-state index in [0.717, 1.165) is 35.2 Å². The molecule has 458 valence electrons. The van der Waals surface area contributed by atoms with E-state index in [-0.39, 0.29) is 0 Å². The van der Waals surface area contributed by atoms with E-state index in [1.165, 1.54) is 174 Å². The van der Waals surface area contributed by atoms with E-state index in [2.05, 4.69) is 341 Å². The van der Waals surface area contributed by atoms with Crippen LogP contribution in [0.15, 0.2) is 328 Å². The molecule has 0 saturated heterocycles. The van der Waals surface area contributed by atoms with Gasteiger partial charge in [-0.2, -0.15) is 12.1 Å². The molecule has 0 nitrogen and oxygen atoms in total. The summed E-state index contributed by atoms with van der Waals surface area (Å²) in [5.41, 5.74) is 16.0. The van der Waals surface area contributed by atoms with E-state index in [1.54, 1.807) is 0 Å². The van der Waals surface area contributed by atoms with Crippen LogP contribution in [0.5, 0.6) is 0 Å². The Morgan fingerprint density at radius 2 is 0.458 bits per heavy atom. The Morgan fingerprint density at radius 1 is 0.250 bits per heavy atom. The SMILES string of the molecule is C[Si]C.[Cl][Zr+2][Cl].c1ccc(CCc2cc3c(-c4c5ccccc5cc5ccccc45)ccc(-c4c5ccccc5cc5ccccc45)c3[cH-]2)cc1.c1ccc(CCc2cc3c(-c4c5ccccc5cc5ccccc45)ccc(-c4c5ccccc5cc5ccccc45)c3[cH-]2)cc1. The Morgan fingerprint density at radius 3 is 0.708 bits per heavy atom. The summed E-state index contributed by atoms with van der Waals surface area (Å²) in [5.74, 6) is 0. The van der Waals surface area contributed by atoms with Gasteiger partial charge in [0.25, 0.3) is 0 Å². The minimum absolute atomic E-state index is 0.826. The van der Waals surface area contributed by atoms with Gasteiger partial charge in [0.2, 0.25) is 0 Å². The zero-order valence-electron chi connectivity index (χ0n) is 53.8. The topological polar surface area (TPSA) is 0 Å². The number of fused-ring (bicyclic) bond motifs is 10. The number of hydrogen-bond acceptors (Lipinski definition) is 0. The number of halogens is 2. The van der Waals surface area contributed by atoms with Crippen molar-refractivity contribution in [2.24, 2.45) is 0 Å². The van der Waals surface area contributed by atoms with Gasteiger partial charge in [-0.05, 0) is 170 Å². The third-order valence-electron chi connectivity index (χ3n) is 19.1. The second-order valence-electron chi connectivity index (χ2n) is 25.0. The van der Waals surface area contributed by atoms with Crippen LogP contribution in [0.3, 0.4) is 0 Å². The maximum atomic E-state index is 4.93. The van der Waals surface area contributed by atoms with E-state index >= 15 is 0 Å². The van der Waals surface area contributed by atoms with Crippen LogP contribution in [0.2, 0.25) is 13.1 Å². The Hall–Kier alpha value is -9.50. The van der Waals surface area contributed by atoms with Crippen molar-refractivity contribution in [2.75, 3.05) is 0 Å². The molecule has 0 aliphatic heterocycles. The van der Waals surface area contributed by atoms with Gasteiger partial charge in [-0.3, -0.25) is 0 Å². The van der Waals surface area contributed by atoms with E-state index < -0.39 is 20.8 Å². The molecule has 4 heteroatoms. The molecule has 0 saturated carbocycles. The second kappa shape index (κ2) is 28.4. The van der Waals surface area contributed by atoms with Gasteiger partial charge in [-0.1, -0.05) is 314 Å². The molecule has 18 aromatic rings. The zero-order chi connectivity index (χ0) is 64.9. The molecule has 2 radical (unpaired) electrons. The molecule has 0 spiro atoms. The van der Waals surface area contributed by atoms with Crippen LogP contribution in [0.25, 0.3) is 152 Å². The third kappa shape index (κ3) is 12.3. The predicted molar refractivity (Wildman–Crippen MR) is 418 cm³/mol. The summed E-state index contributed by atoms with van der Waals surface area (Å²) in [6.07, 6.45) is 4.06. The van der Waals surface area contributed by atoms with Crippen molar-refractivity contribution in [3.63, 3.8) is 0 Å². The van der Waals surface area contributed by atoms with Gasteiger partial charge in [0.05, 0.1) is 0 Å². The van der Waals surface area contributed by atoms with Crippen LogP contribution < -0.4 is 0 Å². The first-order chi connectivity index (χ1) is 47.5. The van der Waals surface area contributed by atoms with Crippen molar-refractivity contribution in [2.45, 2.75) is 38.8 Å². The largest absolute Gasteiger partial charge is 0.164 e. The summed E-state index contributed by atoms with van der Waals surface area (Å²) in [7, 11) is 11.0. The summed E-state index contributed by atoms with van der Waals surface area (Å²) in [5, 5.41) is 25.9.